The number of hydrogen-bond donors (Lipinski definition) is 2. The predicted octanol–water partition coefficient (Wildman–Crippen LogP) is 3.63. The van der Waals surface area contributed by atoms with Crippen LogP contribution < -0.4 is 10.6 Å². The number of aromatic nitrogens is 1. The topological polar surface area (TPSA) is 37.0 Å². The van der Waals surface area contributed by atoms with E-state index in [2.05, 4.69) is 60.2 Å². The van der Waals surface area contributed by atoms with Gasteiger partial charge >= 0.3 is 0 Å². The first-order chi connectivity index (χ1) is 10.2. The lowest BCUT2D eigenvalue weighted by molar-refractivity contribution is 0.356. The van der Waals surface area contributed by atoms with Crippen LogP contribution in [0.1, 0.15) is 37.9 Å². The highest BCUT2D eigenvalue weighted by atomic mass is 32.1. The van der Waals surface area contributed by atoms with E-state index in [1.807, 2.05) is 0 Å². The van der Waals surface area contributed by atoms with Crippen molar-refractivity contribution < 1.29 is 0 Å². The molecule has 0 bridgehead atoms. The van der Waals surface area contributed by atoms with E-state index in [1.54, 1.807) is 11.3 Å². The molecule has 1 aliphatic rings. The largest absolute Gasteiger partial charge is 0.359 e. The lowest BCUT2D eigenvalue weighted by Crippen LogP contribution is -2.41. The summed E-state index contributed by atoms with van der Waals surface area (Å²) in [6.07, 6.45) is 2.23. The van der Waals surface area contributed by atoms with Crippen molar-refractivity contribution in [3.05, 3.63) is 47.0 Å². The Morgan fingerprint density at radius 2 is 1.90 bits per heavy atom. The third kappa shape index (κ3) is 2.97. The Hall–Kier alpha value is -1.39. The van der Waals surface area contributed by atoms with Crippen molar-refractivity contribution >= 4 is 16.5 Å². The average Bonchev–Trinajstić information content (AvgIpc) is 2.97. The van der Waals surface area contributed by atoms with Crippen molar-refractivity contribution in [3.63, 3.8) is 0 Å². The Balaban J connectivity index is 1.98. The van der Waals surface area contributed by atoms with Gasteiger partial charge in [0, 0.05) is 16.8 Å². The van der Waals surface area contributed by atoms with E-state index < -0.39 is 0 Å². The zero-order valence-corrected chi connectivity index (χ0v) is 13.5. The van der Waals surface area contributed by atoms with Crippen LogP contribution in [0.5, 0.6) is 0 Å². The second kappa shape index (κ2) is 6.16. The molecule has 1 aliphatic heterocycles. The van der Waals surface area contributed by atoms with Crippen LogP contribution in [0.4, 0.5) is 5.13 Å². The summed E-state index contributed by atoms with van der Waals surface area (Å²) < 4.78 is 0. The van der Waals surface area contributed by atoms with Crippen LogP contribution in [0.25, 0.3) is 0 Å². The van der Waals surface area contributed by atoms with Gasteiger partial charge in [0.1, 0.15) is 0 Å². The van der Waals surface area contributed by atoms with Gasteiger partial charge in [0.05, 0.1) is 5.69 Å². The molecule has 0 saturated carbocycles. The normalized spacial score (nSPS) is 17.9. The zero-order valence-electron chi connectivity index (χ0n) is 12.7. The molecule has 0 radical (unpaired) electrons. The predicted molar refractivity (Wildman–Crippen MR) is 90.2 cm³/mol. The molecule has 112 valence electrons. The van der Waals surface area contributed by atoms with Gasteiger partial charge in [-0.3, -0.25) is 0 Å². The number of thiazole rings is 1. The van der Waals surface area contributed by atoms with Gasteiger partial charge in [-0.2, -0.15) is 0 Å². The number of nitrogens with one attached hydrogen (secondary N) is 2. The first-order valence-corrected chi connectivity index (χ1v) is 8.57. The summed E-state index contributed by atoms with van der Waals surface area (Å²) in [6.45, 7) is 6.41. The van der Waals surface area contributed by atoms with Gasteiger partial charge in [-0.05, 0) is 45.3 Å². The molecular formula is C17H23N3S. The van der Waals surface area contributed by atoms with E-state index in [9.17, 15) is 0 Å². The van der Waals surface area contributed by atoms with Crippen LogP contribution in [0, 0.1) is 0 Å². The highest BCUT2D eigenvalue weighted by molar-refractivity contribution is 7.13. The molecule has 21 heavy (non-hydrogen) atoms. The number of hydrogen-bond acceptors (Lipinski definition) is 4. The molecule has 1 fully saturated rings. The van der Waals surface area contributed by atoms with Crippen molar-refractivity contribution in [2.75, 3.05) is 18.4 Å². The Kier molecular flexibility index (Phi) is 4.27. The average molecular weight is 301 g/mol. The molecule has 3 rings (SSSR count). The summed E-state index contributed by atoms with van der Waals surface area (Å²) in [5.74, 6) is 0. The highest BCUT2D eigenvalue weighted by Gasteiger charge is 2.37. The highest BCUT2D eigenvalue weighted by Crippen LogP contribution is 2.41. The maximum Gasteiger partial charge on any atom is 0.183 e. The maximum absolute atomic E-state index is 4.90. The minimum Gasteiger partial charge on any atom is -0.359 e. The van der Waals surface area contributed by atoms with Crippen LogP contribution in [0.2, 0.25) is 0 Å². The third-order valence-electron chi connectivity index (χ3n) is 4.19. The molecule has 0 amide bonds. The molecule has 2 N–H and O–H groups in total. The third-order valence-corrected chi connectivity index (χ3v) is 4.96. The molecule has 0 spiro atoms. The van der Waals surface area contributed by atoms with Gasteiger partial charge in [0.2, 0.25) is 0 Å². The first kappa shape index (κ1) is 14.5. The monoisotopic (exact) mass is 301 g/mol. The molecule has 0 aliphatic carbocycles. The first-order valence-electron chi connectivity index (χ1n) is 7.69. The van der Waals surface area contributed by atoms with E-state index in [0.717, 1.165) is 31.1 Å². The van der Waals surface area contributed by atoms with Gasteiger partial charge in [-0.15, -0.1) is 11.3 Å². The molecular weight excluding hydrogens is 278 g/mol. The van der Waals surface area contributed by atoms with E-state index in [-0.39, 0.29) is 5.41 Å². The summed E-state index contributed by atoms with van der Waals surface area (Å²) in [6, 6.07) is 11.3. The number of piperidine rings is 1. The fourth-order valence-corrected chi connectivity index (χ4v) is 4.07. The minimum absolute atomic E-state index is 0.0694. The van der Waals surface area contributed by atoms with Crippen molar-refractivity contribution in [1.29, 1.82) is 0 Å². The quantitative estimate of drug-likeness (QED) is 0.905. The molecule has 0 atom stereocenters. The van der Waals surface area contributed by atoms with Crippen molar-refractivity contribution in [1.82, 2.24) is 10.3 Å². The van der Waals surface area contributed by atoms with Gasteiger partial charge in [0.25, 0.3) is 0 Å². The van der Waals surface area contributed by atoms with Crippen LogP contribution in [-0.2, 0) is 5.41 Å². The van der Waals surface area contributed by atoms with Gasteiger partial charge in [-0.1, -0.05) is 30.3 Å². The fraction of sp³-hybridized carbons (Fsp3) is 0.471. The summed E-state index contributed by atoms with van der Waals surface area (Å²) >= 11 is 1.72. The number of rotatable bonds is 4. The van der Waals surface area contributed by atoms with Crippen molar-refractivity contribution in [2.24, 2.45) is 0 Å². The molecule has 1 saturated heterocycles. The van der Waals surface area contributed by atoms with E-state index in [0.29, 0.717) is 6.04 Å². The molecule has 2 heterocycles. The summed E-state index contributed by atoms with van der Waals surface area (Å²) in [4.78, 5) is 4.90. The SMILES string of the molecule is CC(C)Nc1nc(C2(c3ccccc3)CCNCC2)cs1. The van der Waals surface area contributed by atoms with Gasteiger partial charge in [0.15, 0.2) is 5.13 Å². The zero-order chi connectivity index (χ0) is 14.7. The molecule has 0 unspecified atom stereocenters. The molecule has 3 nitrogen and oxygen atoms in total. The maximum atomic E-state index is 4.90. The van der Waals surface area contributed by atoms with Gasteiger partial charge < -0.3 is 10.6 Å². The van der Waals surface area contributed by atoms with Gasteiger partial charge in [-0.25, -0.2) is 4.98 Å². The van der Waals surface area contributed by atoms with Crippen molar-refractivity contribution in [3.8, 4) is 0 Å². The summed E-state index contributed by atoms with van der Waals surface area (Å²) in [7, 11) is 0. The lowest BCUT2D eigenvalue weighted by atomic mass is 9.71. The van der Waals surface area contributed by atoms with Crippen LogP contribution >= 0.6 is 11.3 Å². The number of anilines is 1. The van der Waals surface area contributed by atoms with Crippen molar-refractivity contribution in [2.45, 2.75) is 38.1 Å². The second-order valence-electron chi connectivity index (χ2n) is 6.04. The standard InChI is InChI=1S/C17H23N3S/c1-13(2)19-16-20-15(12-21-16)17(8-10-18-11-9-17)14-6-4-3-5-7-14/h3-7,12-13,18H,8-11H2,1-2H3,(H,19,20). The van der Waals surface area contributed by atoms with Crippen LogP contribution in [-0.4, -0.2) is 24.1 Å². The number of nitrogens with zero attached hydrogens (tertiary/aromatic N) is 1. The summed E-state index contributed by atoms with van der Waals surface area (Å²) in [5, 5.41) is 10.2. The minimum atomic E-state index is 0.0694. The molecule has 1 aromatic carbocycles. The van der Waals surface area contributed by atoms with E-state index in [4.69, 9.17) is 4.98 Å². The molecule has 4 heteroatoms. The summed E-state index contributed by atoms with van der Waals surface area (Å²) in [5.41, 5.74) is 2.69. The van der Waals surface area contributed by atoms with E-state index >= 15 is 0 Å². The van der Waals surface area contributed by atoms with E-state index in [1.165, 1.54) is 11.3 Å². The Morgan fingerprint density at radius 3 is 2.57 bits per heavy atom. The Labute approximate surface area is 130 Å². The fourth-order valence-electron chi connectivity index (χ4n) is 3.11. The molecule has 1 aromatic heterocycles. The number of benzene rings is 1. The molecule has 2 aromatic rings. The second-order valence-corrected chi connectivity index (χ2v) is 6.89. The smallest absolute Gasteiger partial charge is 0.183 e. The van der Waals surface area contributed by atoms with Crippen LogP contribution in [0.15, 0.2) is 35.7 Å². The van der Waals surface area contributed by atoms with Crippen LogP contribution in [0.3, 0.4) is 0 Å². The Bertz CT molecular complexity index is 571. The Morgan fingerprint density at radius 1 is 1.19 bits per heavy atom. The lowest BCUT2D eigenvalue weighted by Gasteiger charge is -2.37.